The van der Waals surface area contributed by atoms with Gasteiger partial charge in [-0.05, 0) is 12.1 Å². The Morgan fingerprint density at radius 2 is 1.92 bits per heavy atom. The molecule has 124 valence electrons. The van der Waals surface area contributed by atoms with Gasteiger partial charge in [0.15, 0.2) is 6.10 Å². The Labute approximate surface area is 131 Å². The smallest absolute Gasteiger partial charge is 0.343 e. The van der Waals surface area contributed by atoms with Crippen LogP contribution < -0.4 is 4.74 Å². The molecule has 0 saturated heterocycles. The third-order valence-electron chi connectivity index (χ3n) is 3.60. The van der Waals surface area contributed by atoms with E-state index in [1.807, 2.05) is 0 Å². The lowest BCUT2D eigenvalue weighted by Gasteiger charge is -2.20. The predicted octanol–water partition coefficient (Wildman–Crippen LogP) is 3.66. The molecule has 3 rings (SSSR count). The maximum Gasteiger partial charge on any atom is 0.343 e. The van der Waals surface area contributed by atoms with Crippen molar-refractivity contribution in [1.82, 2.24) is 4.98 Å². The fraction of sp³-hybridized carbons (Fsp3) is 0.200. The van der Waals surface area contributed by atoms with Gasteiger partial charge in [-0.2, -0.15) is 22.8 Å². The van der Waals surface area contributed by atoms with Gasteiger partial charge < -0.3 is 9.84 Å². The summed E-state index contributed by atoms with van der Waals surface area (Å²) in [6, 6.07) is 3.90. The van der Waals surface area contributed by atoms with E-state index in [-0.39, 0.29) is 11.5 Å². The summed E-state index contributed by atoms with van der Waals surface area (Å²) in [5, 5.41) is 18.7. The van der Waals surface area contributed by atoms with Crippen LogP contribution in [0.5, 0.6) is 11.5 Å². The third-order valence-corrected chi connectivity index (χ3v) is 3.60. The van der Waals surface area contributed by atoms with Crippen LogP contribution in [0.2, 0.25) is 0 Å². The fourth-order valence-electron chi connectivity index (χ4n) is 2.47. The molecule has 0 aliphatic heterocycles. The van der Waals surface area contributed by atoms with Crippen LogP contribution in [0.15, 0.2) is 30.6 Å². The number of halogens is 5. The minimum Gasteiger partial charge on any atom is -0.454 e. The second-order valence-corrected chi connectivity index (χ2v) is 5.05. The third kappa shape index (κ3) is 2.11. The van der Waals surface area contributed by atoms with Gasteiger partial charge in [0.1, 0.15) is 28.9 Å². The molecule has 24 heavy (non-hydrogen) atoms. The summed E-state index contributed by atoms with van der Waals surface area (Å²) in [5.74, 6) is -10.7. The molecule has 1 aliphatic carbocycles. The fourth-order valence-corrected chi connectivity index (χ4v) is 2.47. The summed E-state index contributed by atoms with van der Waals surface area (Å²) in [4.78, 5) is 3.50. The lowest BCUT2D eigenvalue weighted by Crippen LogP contribution is -2.36. The highest BCUT2D eigenvalue weighted by Crippen LogP contribution is 2.59. The monoisotopic (exact) mass is 342 g/mol. The van der Waals surface area contributed by atoms with Gasteiger partial charge in [0.05, 0.1) is 12.4 Å². The number of nitriles is 1. The molecule has 0 spiro atoms. The Morgan fingerprint density at radius 3 is 2.54 bits per heavy atom. The molecule has 0 bridgehead atoms. The van der Waals surface area contributed by atoms with Crippen molar-refractivity contribution in [1.29, 1.82) is 5.26 Å². The van der Waals surface area contributed by atoms with Crippen molar-refractivity contribution in [3.05, 3.63) is 53.1 Å². The molecule has 1 atom stereocenters. The van der Waals surface area contributed by atoms with Crippen LogP contribution in [0, 0.1) is 17.1 Å². The minimum absolute atomic E-state index is 0.169. The van der Waals surface area contributed by atoms with Crippen molar-refractivity contribution in [2.45, 2.75) is 17.9 Å². The molecular formula is C15H7F5N2O2. The largest absolute Gasteiger partial charge is 0.454 e. The SMILES string of the molecule is N#Cc1c(Oc2cncc(F)c2)ccc2c1C(O)C(F)(F)C2(F)F. The molecule has 9 heteroatoms. The van der Waals surface area contributed by atoms with E-state index in [1.165, 1.54) is 6.07 Å². The van der Waals surface area contributed by atoms with Crippen LogP contribution >= 0.6 is 0 Å². The molecule has 1 aromatic heterocycles. The van der Waals surface area contributed by atoms with Crippen molar-refractivity contribution >= 4 is 0 Å². The van der Waals surface area contributed by atoms with E-state index >= 15 is 0 Å². The van der Waals surface area contributed by atoms with Crippen LogP contribution in [0.1, 0.15) is 22.8 Å². The summed E-state index contributed by atoms with van der Waals surface area (Å²) in [5.41, 5.74) is -2.74. The van der Waals surface area contributed by atoms with Crippen molar-refractivity contribution in [3.8, 4) is 17.6 Å². The van der Waals surface area contributed by atoms with Gasteiger partial charge in [-0.1, -0.05) is 0 Å². The van der Waals surface area contributed by atoms with Gasteiger partial charge in [0.25, 0.3) is 0 Å². The number of aliphatic hydroxyl groups excluding tert-OH is 1. The lowest BCUT2D eigenvalue weighted by atomic mass is 10.0. The zero-order valence-electron chi connectivity index (χ0n) is 11.6. The number of nitrogens with zero attached hydrogens (tertiary/aromatic N) is 2. The Hall–Kier alpha value is -2.73. The summed E-state index contributed by atoms with van der Waals surface area (Å²) in [7, 11) is 0. The number of benzene rings is 1. The minimum atomic E-state index is -4.76. The zero-order valence-corrected chi connectivity index (χ0v) is 11.6. The number of hydrogen-bond acceptors (Lipinski definition) is 4. The Balaban J connectivity index is 2.14. The van der Waals surface area contributed by atoms with Gasteiger partial charge in [0, 0.05) is 17.2 Å². The van der Waals surface area contributed by atoms with E-state index in [9.17, 15) is 27.1 Å². The Kier molecular flexibility index (Phi) is 3.46. The molecule has 2 aromatic rings. The zero-order chi connectivity index (χ0) is 17.7. The standard InChI is InChI=1S/C15H7F5N2O2/c16-7-3-8(6-22-5-7)24-11-2-1-10-12(9(11)4-21)13(23)15(19,20)14(10,17)18/h1-3,5-6,13,23H. The van der Waals surface area contributed by atoms with E-state index in [0.717, 1.165) is 24.5 Å². The van der Waals surface area contributed by atoms with E-state index in [2.05, 4.69) is 4.98 Å². The highest BCUT2D eigenvalue weighted by Gasteiger charge is 2.69. The van der Waals surface area contributed by atoms with Gasteiger partial charge >= 0.3 is 11.8 Å². The highest BCUT2D eigenvalue weighted by molar-refractivity contribution is 5.58. The number of aromatic nitrogens is 1. The first kappa shape index (κ1) is 16.1. The highest BCUT2D eigenvalue weighted by atomic mass is 19.3. The maximum atomic E-state index is 13.8. The van der Waals surface area contributed by atoms with Crippen molar-refractivity contribution < 1.29 is 31.8 Å². The molecule has 1 N–H and O–H groups in total. The topological polar surface area (TPSA) is 66.1 Å². The summed E-state index contributed by atoms with van der Waals surface area (Å²) >= 11 is 0. The number of hydrogen-bond donors (Lipinski definition) is 1. The van der Waals surface area contributed by atoms with E-state index in [1.54, 1.807) is 0 Å². The molecule has 0 fully saturated rings. The predicted molar refractivity (Wildman–Crippen MR) is 69.2 cm³/mol. The molecule has 0 saturated carbocycles. The Bertz CT molecular complexity index is 863. The number of rotatable bonds is 2. The van der Waals surface area contributed by atoms with Crippen molar-refractivity contribution in [2.24, 2.45) is 0 Å². The summed E-state index contributed by atoms with van der Waals surface area (Å²) in [6.45, 7) is 0. The molecule has 0 amide bonds. The first-order chi connectivity index (χ1) is 11.2. The molecule has 0 radical (unpaired) electrons. The Morgan fingerprint density at radius 1 is 1.21 bits per heavy atom. The number of aliphatic hydroxyl groups is 1. The average molecular weight is 342 g/mol. The first-order valence-electron chi connectivity index (χ1n) is 6.49. The van der Waals surface area contributed by atoms with Crippen LogP contribution in [-0.4, -0.2) is 16.0 Å². The number of pyridine rings is 1. The van der Waals surface area contributed by atoms with Gasteiger partial charge in [0.2, 0.25) is 0 Å². The second-order valence-electron chi connectivity index (χ2n) is 5.05. The molecule has 1 unspecified atom stereocenters. The van der Waals surface area contributed by atoms with Crippen molar-refractivity contribution in [3.63, 3.8) is 0 Å². The average Bonchev–Trinajstić information content (AvgIpc) is 2.65. The molecule has 4 nitrogen and oxygen atoms in total. The van der Waals surface area contributed by atoms with Gasteiger partial charge in [-0.15, -0.1) is 0 Å². The van der Waals surface area contributed by atoms with Crippen LogP contribution in [0.3, 0.4) is 0 Å². The van der Waals surface area contributed by atoms with E-state index in [4.69, 9.17) is 10.00 Å². The number of fused-ring (bicyclic) bond motifs is 1. The molecular weight excluding hydrogens is 335 g/mol. The lowest BCUT2D eigenvalue weighted by molar-refractivity contribution is -0.246. The maximum absolute atomic E-state index is 13.8. The summed E-state index contributed by atoms with van der Waals surface area (Å²) < 4.78 is 73.1. The number of alkyl halides is 4. The van der Waals surface area contributed by atoms with Crippen molar-refractivity contribution in [2.75, 3.05) is 0 Å². The normalized spacial score (nSPS) is 20.3. The van der Waals surface area contributed by atoms with Crippen LogP contribution in [0.25, 0.3) is 0 Å². The van der Waals surface area contributed by atoms with Crippen LogP contribution in [0.4, 0.5) is 22.0 Å². The van der Waals surface area contributed by atoms with Gasteiger partial charge in [-0.25, -0.2) is 4.39 Å². The quantitative estimate of drug-likeness (QED) is 0.846. The van der Waals surface area contributed by atoms with Crippen LogP contribution in [-0.2, 0) is 5.92 Å². The summed E-state index contributed by atoms with van der Waals surface area (Å²) in [6.07, 6.45) is -0.908. The molecule has 1 aromatic carbocycles. The molecule has 1 aliphatic rings. The van der Waals surface area contributed by atoms with E-state index in [0.29, 0.717) is 6.07 Å². The van der Waals surface area contributed by atoms with E-state index < -0.39 is 40.5 Å². The second kappa shape index (κ2) is 5.14. The first-order valence-corrected chi connectivity index (χ1v) is 6.49. The molecule has 1 heterocycles. The van der Waals surface area contributed by atoms with Gasteiger partial charge in [-0.3, -0.25) is 4.98 Å². The number of ether oxygens (including phenoxy) is 1.